The molecule has 0 radical (unpaired) electrons. The van der Waals surface area contributed by atoms with Crippen LogP contribution in [0.2, 0.25) is 0 Å². The molecule has 1 amide bonds. The Morgan fingerprint density at radius 1 is 1.42 bits per heavy atom. The van der Waals surface area contributed by atoms with Crippen LogP contribution >= 0.6 is 12.2 Å². The number of amides is 1. The van der Waals surface area contributed by atoms with Crippen LogP contribution in [0.4, 0.5) is 0 Å². The zero-order valence-electron chi connectivity index (χ0n) is 10.4. The summed E-state index contributed by atoms with van der Waals surface area (Å²) in [5, 5.41) is 1.80. The van der Waals surface area contributed by atoms with Crippen LogP contribution < -0.4 is 57.2 Å². The molecule has 2 N–H and O–H groups in total. The minimum atomic E-state index is -0.321. The zero-order valence-corrected chi connectivity index (χ0v) is 15.1. The van der Waals surface area contributed by atoms with Crippen LogP contribution in [-0.2, 0) is 23.8 Å². The zero-order chi connectivity index (χ0) is 13.1. The van der Waals surface area contributed by atoms with Crippen molar-refractivity contribution in [2.45, 2.75) is 6.42 Å². The Bertz CT molecular complexity index is 621. The Morgan fingerprint density at radius 3 is 2.84 bits per heavy atom. The van der Waals surface area contributed by atoms with Gasteiger partial charge in [0.25, 0.3) is 0 Å². The van der Waals surface area contributed by atoms with E-state index in [9.17, 15) is 4.79 Å². The molecular formula is C12H10KN3OS2. The van der Waals surface area contributed by atoms with Gasteiger partial charge in [-0.1, -0.05) is 12.1 Å². The van der Waals surface area contributed by atoms with Gasteiger partial charge < -0.3 is 24.8 Å². The number of carbonyl (C=O) groups excluding carboxylic acids is 1. The topological polar surface area (TPSA) is 59.2 Å². The third-order valence-electron chi connectivity index (χ3n) is 2.49. The average molecular weight is 315 g/mol. The van der Waals surface area contributed by atoms with Gasteiger partial charge in [-0.2, -0.15) is 0 Å². The summed E-state index contributed by atoms with van der Waals surface area (Å²) in [7, 11) is 0. The number of hydrogen-bond donors (Lipinski definition) is 1. The number of aromatic nitrogens is 1. The molecule has 92 valence electrons. The smallest absolute Gasteiger partial charge is 0.409 e. The van der Waals surface area contributed by atoms with Crippen molar-refractivity contribution < 1.29 is 56.2 Å². The van der Waals surface area contributed by atoms with E-state index in [0.29, 0.717) is 0 Å². The molecule has 0 bridgehead atoms. The van der Waals surface area contributed by atoms with Crippen molar-refractivity contribution in [3.8, 4) is 0 Å². The predicted octanol–water partition coefficient (Wildman–Crippen LogP) is -1.68. The molecule has 2 rings (SSSR count). The molecule has 0 aliphatic carbocycles. The van der Waals surface area contributed by atoms with Gasteiger partial charge >= 0.3 is 51.4 Å². The summed E-state index contributed by atoms with van der Waals surface area (Å²) in [6.07, 6.45) is 1.89. The Hall–Kier alpha value is 0.00636. The minimum Gasteiger partial charge on any atom is -0.409 e. The van der Waals surface area contributed by atoms with Crippen molar-refractivity contribution in [3.05, 3.63) is 42.1 Å². The number of thiocarbonyl (C=S) groups is 1. The van der Waals surface area contributed by atoms with Crippen LogP contribution in [0.5, 0.6) is 0 Å². The Balaban J connectivity index is 0.00000180. The first kappa shape index (κ1) is 17.1. The number of rotatable bonds is 2. The van der Waals surface area contributed by atoms with E-state index in [-0.39, 0.29) is 68.0 Å². The van der Waals surface area contributed by atoms with Gasteiger partial charge in [-0.3, -0.25) is 14.8 Å². The van der Waals surface area contributed by atoms with Gasteiger partial charge in [-0.05, 0) is 28.1 Å². The fraction of sp³-hybridized carbons (Fsp3) is 0.0833. The molecule has 4 nitrogen and oxygen atoms in total. The van der Waals surface area contributed by atoms with E-state index >= 15 is 0 Å². The van der Waals surface area contributed by atoms with E-state index in [2.05, 4.69) is 29.8 Å². The summed E-state index contributed by atoms with van der Waals surface area (Å²) in [4.78, 5) is 15.9. The van der Waals surface area contributed by atoms with Gasteiger partial charge in [0.1, 0.15) is 0 Å². The second-order valence-electron chi connectivity index (χ2n) is 3.74. The molecule has 19 heavy (non-hydrogen) atoms. The van der Waals surface area contributed by atoms with Crippen molar-refractivity contribution >= 4 is 46.0 Å². The Labute approximate surface area is 164 Å². The van der Waals surface area contributed by atoms with E-state index < -0.39 is 0 Å². The summed E-state index contributed by atoms with van der Waals surface area (Å²) in [6.45, 7) is 0. The molecule has 1 heterocycles. The van der Waals surface area contributed by atoms with E-state index in [1.807, 2.05) is 30.3 Å². The van der Waals surface area contributed by atoms with Gasteiger partial charge in [-0.15, -0.1) is 0 Å². The molecule has 0 spiro atoms. The fourth-order valence-corrected chi connectivity index (χ4v) is 1.80. The molecule has 2 aromatic rings. The summed E-state index contributed by atoms with van der Waals surface area (Å²) in [5.41, 5.74) is 1.74. The van der Waals surface area contributed by atoms with Crippen molar-refractivity contribution in [2.24, 2.45) is 5.84 Å². The Kier molecular flexibility index (Phi) is 6.91. The van der Waals surface area contributed by atoms with Crippen LogP contribution in [0.1, 0.15) is 5.56 Å². The molecule has 0 unspecified atom stereocenters. The molecule has 0 saturated heterocycles. The van der Waals surface area contributed by atoms with Crippen molar-refractivity contribution in [1.29, 1.82) is 0 Å². The summed E-state index contributed by atoms with van der Waals surface area (Å²) < 4.78 is -0.0533. The molecule has 1 aromatic heterocycles. The average Bonchev–Trinajstić information content (AvgIpc) is 2.37. The predicted molar refractivity (Wildman–Crippen MR) is 76.4 cm³/mol. The number of nitrogens with zero attached hydrogens (tertiary/aromatic N) is 2. The van der Waals surface area contributed by atoms with Gasteiger partial charge in [0.15, 0.2) is 0 Å². The normalized spacial score (nSPS) is 9.74. The second-order valence-corrected chi connectivity index (χ2v) is 4.77. The maximum Gasteiger partial charge on any atom is 1.00 e. The van der Waals surface area contributed by atoms with Crippen LogP contribution in [0.25, 0.3) is 10.9 Å². The summed E-state index contributed by atoms with van der Waals surface area (Å²) >= 11 is 9.35. The number of fused-ring (bicyclic) bond motifs is 1. The third-order valence-corrected chi connectivity index (χ3v) is 2.88. The Morgan fingerprint density at radius 2 is 2.16 bits per heavy atom. The van der Waals surface area contributed by atoms with Crippen molar-refractivity contribution in [2.75, 3.05) is 0 Å². The number of pyridine rings is 1. The molecule has 0 aliphatic heterocycles. The summed E-state index contributed by atoms with van der Waals surface area (Å²) in [6, 6.07) is 9.40. The third kappa shape index (κ3) is 4.50. The van der Waals surface area contributed by atoms with Gasteiger partial charge in [-0.25, -0.2) is 5.84 Å². The first-order valence-electron chi connectivity index (χ1n) is 5.20. The monoisotopic (exact) mass is 315 g/mol. The van der Waals surface area contributed by atoms with Crippen LogP contribution in [0.3, 0.4) is 0 Å². The fourth-order valence-electron chi connectivity index (χ4n) is 1.60. The number of hydrazine groups is 1. The number of benzene rings is 1. The van der Waals surface area contributed by atoms with Crippen LogP contribution in [0.15, 0.2) is 36.5 Å². The van der Waals surface area contributed by atoms with Crippen LogP contribution in [-0.4, -0.2) is 20.2 Å². The first-order chi connectivity index (χ1) is 8.58. The number of hydrogen-bond acceptors (Lipinski definition) is 5. The summed E-state index contributed by atoms with van der Waals surface area (Å²) in [5.74, 6) is 5.13. The van der Waals surface area contributed by atoms with E-state index in [0.717, 1.165) is 21.5 Å². The van der Waals surface area contributed by atoms with Gasteiger partial charge in [0.2, 0.25) is 5.91 Å². The maximum atomic E-state index is 11.7. The van der Waals surface area contributed by atoms with Crippen LogP contribution in [0, 0.1) is 0 Å². The first-order valence-corrected chi connectivity index (χ1v) is 6.02. The minimum absolute atomic E-state index is 0. The van der Waals surface area contributed by atoms with Crippen molar-refractivity contribution in [1.82, 2.24) is 9.99 Å². The SMILES string of the molecule is NN(C(=O)Cc1ccc2ncccc2c1)C(=S)[S-].[K+]. The standard InChI is InChI=1S/C12H11N3OS2.K/c13-15(12(17)18)11(16)7-8-3-4-10-9(6-8)2-1-5-14-10;/h1-6H,7,13H2,(H,17,18);/q;+1/p-1. The number of carbonyl (C=O) groups is 1. The largest absolute Gasteiger partial charge is 1.00 e. The molecule has 7 heteroatoms. The molecule has 0 aliphatic rings. The molecule has 0 fully saturated rings. The quantitative estimate of drug-likeness (QED) is 0.179. The maximum absolute atomic E-state index is 11.7. The molecular weight excluding hydrogens is 305 g/mol. The molecule has 0 saturated carbocycles. The van der Waals surface area contributed by atoms with Gasteiger partial charge in [0.05, 0.1) is 11.9 Å². The van der Waals surface area contributed by atoms with E-state index in [1.54, 1.807) is 6.20 Å². The van der Waals surface area contributed by atoms with Gasteiger partial charge in [0, 0.05) is 11.6 Å². The number of nitrogens with two attached hydrogens (primary N) is 1. The van der Waals surface area contributed by atoms with E-state index in [4.69, 9.17) is 5.84 Å². The van der Waals surface area contributed by atoms with Crippen molar-refractivity contribution in [3.63, 3.8) is 0 Å². The molecule has 0 atom stereocenters. The van der Waals surface area contributed by atoms with E-state index in [1.165, 1.54) is 0 Å². The molecule has 1 aromatic carbocycles. The second kappa shape index (κ2) is 7.70.